The Morgan fingerprint density at radius 1 is 1.23 bits per heavy atom. The molecule has 0 spiro atoms. The van der Waals surface area contributed by atoms with Crippen LogP contribution in [0.3, 0.4) is 0 Å². The molecular weight excluding hydrogens is 344 g/mol. The van der Waals surface area contributed by atoms with Crippen LogP contribution in [0.1, 0.15) is 30.1 Å². The number of hydrogen-bond donors (Lipinski definition) is 2. The number of guanidine groups is 1. The van der Waals surface area contributed by atoms with Crippen molar-refractivity contribution in [3.63, 3.8) is 0 Å². The number of hydrogen-bond acceptors (Lipinski definition) is 2. The molecule has 5 nitrogen and oxygen atoms in total. The van der Waals surface area contributed by atoms with Crippen LogP contribution < -0.4 is 10.6 Å². The van der Waals surface area contributed by atoms with Crippen LogP contribution in [0.5, 0.6) is 0 Å². The van der Waals surface area contributed by atoms with E-state index in [-0.39, 0.29) is 5.91 Å². The summed E-state index contributed by atoms with van der Waals surface area (Å²) in [7, 11) is 3.79. The van der Waals surface area contributed by atoms with Crippen LogP contribution in [-0.4, -0.2) is 50.5 Å². The van der Waals surface area contributed by atoms with Gasteiger partial charge in [0.25, 0.3) is 5.91 Å². The fraction of sp³-hybridized carbons (Fsp3) is 0.500. The molecule has 122 valence electrons. The number of rotatable bonds is 7. The minimum atomic E-state index is -0.0661. The van der Waals surface area contributed by atoms with E-state index in [2.05, 4.69) is 43.4 Å². The molecule has 2 N–H and O–H groups in total. The molecule has 0 saturated heterocycles. The summed E-state index contributed by atoms with van der Waals surface area (Å²) in [5.41, 5.74) is 0.660. The fourth-order valence-corrected chi connectivity index (χ4v) is 2.20. The SMILES string of the molecule is CCCCN(C)C(=NC)NCCNC(=O)c1ccc(Br)cc1. The molecule has 0 aliphatic heterocycles. The van der Waals surface area contributed by atoms with E-state index in [1.165, 1.54) is 0 Å². The molecule has 0 heterocycles. The quantitative estimate of drug-likeness (QED) is 0.441. The van der Waals surface area contributed by atoms with Gasteiger partial charge in [0.2, 0.25) is 0 Å². The predicted octanol–water partition coefficient (Wildman–Crippen LogP) is 2.49. The Morgan fingerprint density at radius 2 is 1.86 bits per heavy atom. The zero-order valence-corrected chi connectivity index (χ0v) is 15.1. The lowest BCUT2D eigenvalue weighted by atomic mass is 10.2. The minimum Gasteiger partial charge on any atom is -0.354 e. The third-order valence-electron chi connectivity index (χ3n) is 3.22. The van der Waals surface area contributed by atoms with E-state index >= 15 is 0 Å². The number of amides is 1. The van der Waals surface area contributed by atoms with Crippen LogP contribution in [0.25, 0.3) is 0 Å². The Hall–Kier alpha value is -1.56. The normalized spacial score (nSPS) is 11.2. The Kier molecular flexibility index (Phi) is 8.58. The summed E-state index contributed by atoms with van der Waals surface area (Å²) in [5.74, 6) is 0.787. The molecule has 22 heavy (non-hydrogen) atoms. The van der Waals surface area contributed by atoms with Crippen molar-refractivity contribution in [2.75, 3.05) is 33.7 Å². The van der Waals surface area contributed by atoms with Gasteiger partial charge < -0.3 is 15.5 Å². The van der Waals surface area contributed by atoms with Crippen molar-refractivity contribution in [3.05, 3.63) is 34.3 Å². The number of nitrogens with zero attached hydrogens (tertiary/aromatic N) is 2. The molecule has 0 aliphatic rings. The lowest BCUT2D eigenvalue weighted by Gasteiger charge is -2.21. The van der Waals surface area contributed by atoms with Crippen molar-refractivity contribution < 1.29 is 4.79 Å². The smallest absolute Gasteiger partial charge is 0.251 e. The summed E-state index contributed by atoms with van der Waals surface area (Å²) in [6.07, 6.45) is 2.29. The van der Waals surface area contributed by atoms with Crippen molar-refractivity contribution in [1.82, 2.24) is 15.5 Å². The van der Waals surface area contributed by atoms with E-state index in [4.69, 9.17) is 0 Å². The maximum Gasteiger partial charge on any atom is 0.251 e. The molecule has 0 radical (unpaired) electrons. The highest BCUT2D eigenvalue weighted by atomic mass is 79.9. The van der Waals surface area contributed by atoms with Gasteiger partial charge >= 0.3 is 0 Å². The molecule has 6 heteroatoms. The highest BCUT2D eigenvalue weighted by molar-refractivity contribution is 9.10. The monoisotopic (exact) mass is 368 g/mol. The van der Waals surface area contributed by atoms with Crippen molar-refractivity contribution in [2.24, 2.45) is 4.99 Å². The second kappa shape index (κ2) is 10.2. The van der Waals surface area contributed by atoms with Gasteiger partial charge in [-0.3, -0.25) is 9.79 Å². The van der Waals surface area contributed by atoms with Crippen LogP contribution in [0.15, 0.2) is 33.7 Å². The minimum absolute atomic E-state index is 0.0661. The number of nitrogens with one attached hydrogen (secondary N) is 2. The highest BCUT2D eigenvalue weighted by Gasteiger charge is 2.06. The van der Waals surface area contributed by atoms with E-state index < -0.39 is 0 Å². The molecule has 0 unspecified atom stereocenters. The van der Waals surface area contributed by atoms with Gasteiger partial charge in [0.15, 0.2) is 5.96 Å². The zero-order chi connectivity index (χ0) is 16.4. The number of halogens is 1. The van der Waals surface area contributed by atoms with E-state index in [0.717, 1.165) is 29.8 Å². The topological polar surface area (TPSA) is 56.7 Å². The summed E-state index contributed by atoms with van der Waals surface area (Å²) in [4.78, 5) is 18.3. The van der Waals surface area contributed by atoms with Crippen molar-refractivity contribution in [2.45, 2.75) is 19.8 Å². The molecule has 0 fully saturated rings. The van der Waals surface area contributed by atoms with Gasteiger partial charge in [-0.1, -0.05) is 29.3 Å². The maximum absolute atomic E-state index is 12.0. The standard InChI is InChI=1S/C16H25BrN4O/c1-4-5-12-21(3)16(18-2)20-11-10-19-15(22)13-6-8-14(17)9-7-13/h6-9H,4-5,10-12H2,1-3H3,(H,18,20)(H,19,22). The first-order valence-electron chi connectivity index (χ1n) is 7.54. The summed E-state index contributed by atoms with van der Waals surface area (Å²) >= 11 is 3.35. The van der Waals surface area contributed by atoms with Gasteiger partial charge in [-0.2, -0.15) is 0 Å². The second-order valence-corrected chi connectivity index (χ2v) is 5.93. The lowest BCUT2D eigenvalue weighted by molar-refractivity contribution is 0.0954. The molecule has 0 saturated carbocycles. The molecule has 1 amide bonds. The van der Waals surface area contributed by atoms with Crippen LogP contribution in [-0.2, 0) is 0 Å². The zero-order valence-electron chi connectivity index (χ0n) is 13.5. The third kappa shape index (κ3) is 6.47. The molecule has 0 aliphatic carbocycles. The van der Waals surface area contributed by atoms with Gasteiger partial charge in [0.05, 0.1) is 0 Å². The van der Waals surface area contributed by atoms with Gasteiger partial charge in [-0.25, -0.2) is 0 Å². The Bertz CT molecular complexity index is 487. The van der Waals surface area contributed by atoms with E-state index in [1.807, 2.05) is 19.2 Å². The number of carbonyl (C=O) groups is 1. The predicted molar refractivity (Wildman–Crippen MR) is 95.4 cm³/mol. The first-order chi connectivity index (χ1) is 10.6. The van der Waals surface area contributed by atoms with Crippen LogP contribution >= 0.6 is 15.9 Å². The molecular formula is C16H25BrN4O. The Morgan fingerprint density at radius 3 is 2.45 bits per heavy atom. The molecule has 0 aromatic heterocycles. The third-order valence-corrected chi connectivity index (χ3v) is 3.75. The molecule has 1 rings (SSSR count). The largest absolute Gasteiger partial charge is 0.354 e. The van der Waals surface area contributed by atoms with Gasteiger partial charge in [-0.15, -0.1) is 0 Å². The first-order valence-corrected chi connectivity index (χ1v) is 8.33. The van der Waals surface area contributed by atoms with Gasteiger partial charge in [0.1, 0.15) is 0 Å². The molecule has 1 aromatic rings. The number of aliphatic imine (C=N–C) groups is 1. The summed E-state index contributed by atoms with van der Waals surface area (Å²) in [6, 6.07) is 7.31. The number of carbonyl (C=O) groups excluding carboxylic acids is 1. The number of unbranched alkanes of at least 4 members (excludes halogenated alkanes) is 1. The molecule has 0 atom stereocenters. The average molecular weight is 369 g/mol. The van der Waals surface area contributed by atoms with Crippen LogP contribution in [0, 0.1) is 0 Å². The Labute approximate surface area is 141 Å². The average Bonchev–Trinajstić information content (AvgIpc) is 2.53. The molecule has 1 aromatic carbocycles. The van der Waals surface area contributed by atoms with Crippen LogP contribution in [0.4, 0.5) is 0 Å². The van der Waals surface area contributed by atoms with Gasteiger partial charge in [0, 0.05) is 43.8 Å². The van der Waals surface area contributed by atoms with Crippen molar-refractivity contribution in [1.29, 1.82) is 0 Å². The Balaban J connectivity index is 2.31. The highest BCUT2D eigenvalue weighted by Crippen LogP contribution is 2.10. The van der Waals surface area contributed by atoms with E-state index in [1.54, 1.807) is 19.2 Å². The second-order valence-electron chi connectivity index (χ2n) is 5.01. The van der Waals surface area contributed by atoms with Gasteiger partial charge in [-0.05, 0) is 30.7 Å². The summed E-state index contributed by atoms with van der Waals surface area (Å²) in [6.45, 7) is 4.34. The van der Waals surface area contributed by atoms with E-state index in [0.29, 0.717) is 18.7 Å². The van der Waals surface area contributed by atoms with Crippen LogP contribution in [0.2, 0.25) is 0 Å². The molecule has 0 bridgehead atoms. The number of benzene rings is 1. The fourth-order valence-electron chi connectivity index (χ4n) is 1.94. The summed E-state index contributed by atoms with van der Waals surface area (Å²) < 4.78 is 0.963. The van der Waals surface area contributed by atoms with Crippen molar-refractivity contribution in [3.8, 4) is 0 Å². The lowest BCUT2D eigenvalue weighted by Crippen LogP contribution is -2.42. The first kappa shape index (κ1) is 18.5. The summed E-state index contributed by atoms with van der Waals surface area (Å²) in [5, 5.41) is 6.14. The van der Waals surface area contributed by atoms with Crippen molar-refractivity contribution >= 4 is 27.8 Å². The maximum atomic E-state index is 12.0. The van der Waals surface area contributed by atoms with E-state index in [9.17, 15) is 4.79 Å².